The Balaban J connectivity index is 1.27. The SMILES string of the molecule is COc1ccccc1C(=O)N1CCC2(CC1)C(=O)N(CC(=O)NCCc1ccc(Cl)cc1Cl)CN2c1ccccc1. The van der Waals surface area contributed by atoms with E-state index in [9.17, 15) is 14.4 Å². The molecular weight excluding hydrogens is 563 g/mol. The fourth-order valence-corrected chi connectivity index (χ4v) is 6.19. The fourth-order valence-electron chi connectivity index (χ4n) is 5.68. The van der Waals surface area contributed by atoms with E-state index in [4.69, 9.17) is 27.9 Å². The number of amides is 3. The molecule has 2 aliphatic heterocycles. The normalized spacial score (nSPS) is 16.3. The van der Waals surface area contributed by atoms with Gasteiger partial charge in [-0.05, 0) is 61.2 Å². The van der Waals surface area contributed by atoms with Crippen LogP contribution in [0.5, 0.6) is 5.75 Å². The number of piperidine rings is 1. The van der Waals surface area contributed by atoms with E-state index in [1.54, 1.807) is 41.2 Å². The highest BCUT2D eigenvalue weighted by atomic mass is 35.5. The molecule has 41 heavy (non-hydrogen) atoms. The van der Waals surface area contributed by atoms with Gasteiger partial charge in [0.2, 0.25) is 5.91 Å². The van der Waals surface area contributed by atoms with Crippen LogP contribution in [-0.4, -0.2) is 73.0 Å². The molecule has 2 aliphatic rings. The Bertz CT molecular complexity index is 1430. The molecule has 0 unspecified atom stereocenters. The zero-order valence-corrected chi connectivity index (χ0v) is 24.3. The third-order valence-electron chi connectivity index (χ3n) is 7.86. The van der Waals surface area contributed by atoms with Gasteiger partial charge in [0.15, 0.2) is 0 Å². The molecule has 3 amide bonds. The molecule has 0 bridgehead atoms. The minimum absolute atomic E-state index is 0.0534. The van der Waals surface area contributed by atoms with Gasteiger partial charge in [-0.1, -0.05) is 59.6 Å². The lowest BCUT2D eigenvalue weighted by Crippen LogP contribution is -2.57. The number of carbonyl (C=O) groups excluding carboxylic acids is 3. The first-order valence-corrected chi connectivity index (χ1v) is 14.3. The second-order valence-corrected chi connectivity index (χ2v) is 11.1. The van der Waals surface area contributed by atoms with Crippen LogP contribution in [0.2, 0.25) is 10.0 Å². The van der Waals surface area contributed by atoms with Gasteiger partial charge in [0.25, 0.3) is 11.8 Å². The second kappa shape index (κ2) is 12.4. The van der Waals surface area contributed by atoms with E-state index in [1.165, 1.54) is 0 Å². The maximum atomic E-state index is 14.0. The summed E-state index contributed by atoms with van der Waals surface area (Å²) in [6, 6.07) is 22.2. The van der Waals surface area contributed by atoms with E-state index in [1.807, 2.05) is 48.5 Å². The molecule has 10 heteroatoms. The van der Waals surface area contributed by atoms with Gasteiger partial charge in [-0.2, -0.15) is 0 Å². The molecular formula is C31H32Cl2N4O4. The lowest BCUT2D eigenvalue weighted by molar-refractivity contribution is -0.137. The Morgan fingerprint density at radius 3 is 2.39 bits per heavy atom. The Hall–Kier alpha value is -3.75. The number of hydrogen-bond donors (Lipinski definition) is 1. The highest BCUT2D eigenvalue weighted by Gasteiger charge is 2.54. The number of anilines is 1. The van der Waals surface area contributed by atoms with Crippen molar-refractivity contribution in [1.82, 2.24) is 15.1 Å². The van der Waals surface area contributed by atoms with Crippen LogP contribution in [0.25, 0.3) is 0 Å². The van der Waals surface area contributed by atoms with E-state index in [-0.39, 0.29) is 24.3 Å². The van der Waals surface area contributed by atoms with Gasteiger partial charge in [0, 0.05) is 35.4 Å². The van der Waals surface area contributed by atoms with E-state index < -0.39 is 5.54 Å². The molecule has 0 atom stereocenters. The molecule has 0 aromatic heterocycles. The van der Waals surface area contributed by atoms with Gasteiger partial charge in [0.05, 0.1) is 19.3 Å². The number of carbonyl (C=O) groups is 3. The van der Waals surface area contributed by atoms with Gasteiger partial charge in [-0.25, -0.2) is 0 Å². The summed E-state index contributed by atoms with van der Waals surface area (Å²) in [5.41, 5.74) is 1.46. The van der Waals surface area contributed by atoms with Gasteiger partial charge in [-0.3, -0.25) is 14.4 Å². The first-order chi connectivity index (χ1) is 19.8. The number of nitrogens with zero attached hydrogens (tertiary/aromatic N) is 3. The lowest BCUT2D eigenvalue weighted by atomic mass is 9.85. The van der Waals surface area contributed by atoms with Gasteiger partial charge < -0.3 is 24.8 Å². The first-order valence-electron chi connectivity index (χ1n) is 13.6. The molecule has 0 radical (unpaired) electrons. The van der Waals surface area contributed by atoms with Crippen LogP contribution in [0.1, 0.15) is 28.8 Å². The molecule has 3 aromatic carbocycles. The Kier molecular flexibility index (Phi) is 8.71. The fraction of sp³-hybridized carbons (Fsp3) is 0.323. The molecule has 8 nitrogen and oxygen atoms in total. The van der Waals surface area contributed by atoms with Gasteiger partial charge in [-0.15, -0.1) is 0 Å². The molecule has 0 aliphatic carbocycles. The van der Waals surface area contributed by atoms with Crippen molar-refractivity contribution >= 4 is 46.6 Å². The number of rotatable bonds is 8. The molecule has 2 heterocycles. The van der Waals surface area contributed by atoms with Crippen molar-refractivity contribution in [3.63, 3.8) is 0 Å². The minimum Gasteiger partial charge on any atom is -0.496 e. The topological polar surface area (TPSA) is 82.2 Å². The van der Waals surface area contributed by atoms with E-state index in [2.05, 4.69) is 10.2 Å². The van der Waals surface area contributed by atoms with Crippen LogP contribution >= 0.6 is 23.2 Å². The van der Waals surface area contributed by atoms with Crippen molar-refractivity contribution in [3.05, 3.63) is 94.0 Å². The average molecular weight is 596 g/mol. The number of ether oxygens (including phenoxy) is 1. The van der Waals surface area contributed by atoms with E-state index in [0.717, 1.165) is 11.3 Å². The first kappa shape index (κ1) is 28.8. The van der Waals surface area contributed by atoms with Crippen molar-refractivity contribution in [2.75, 3.05) is 44.9 Å². The van der Waals surface area contributed by atoms with E-state index in [0.29, 0.717) is 66.9 Å². The summed E-state index contributed by atoms with van der Waals surface area (Å²) >= 11 is 12.2. The molecule has 1 N–H and O–H groups in total. The quantitative estimate of drug-likeness (QED) is 0.411. The molecule has 2 fully saturated rings. The molecule has 214 valence electrons. The molecule has 3 aromatic rings. The van der Waals surface area contributed by atoms with Crippen LogP contribution in [0.15, 0.2) is 72.8 Å². The summed E-state index contributed by atoms with van der Waals surface area (Å²) < 4.78 is 5.39. The van der Waals surface area contributed by atoms with Crippen LogP contribution in [0.4, 0.5) is 5.69 Å². The highest BCUT2D eigenvalue weighted by Crippen LogP contribution is 2.40. The lowest BCUT2D eigenvalue weighted by Gasteiger charge is -2.43. The largest absolute Gasteiger partial charge is 0.496 e. The van der Waals surface area contributed by atoms with E-state index >= 15 is 0 Å². The summed E-state index contributed by atoms with van der Waals surface area (Å²) in [5.74, 6) is 0.0705. The summed E-state index contributed by atoms with van der Waals surface area (Å²) in [6.07, 6.45) is 1.45. The summed E-state index contributed by atoms with van der Waals surface area (Å²) in [4.78, 5) is 45.7. The maximum Gasteiger partial charge on any atom is 0.257 e. The predicted octanol–water partition coefficient (Wildman–Crippen LogP) is 4.64. The zero-order valence-electron chi connectivity index (χ0n) is 22.8. The Labute approximate surface area is 249 Å². The number of likely N-dealkylation sites (tertiary alicyclic amines) is 1. The number of nitrogens with one attached hydrogen (secondary N) is 1. The third-order valence-corrected chi connectivity index (χ3v) is 8.45. The maximum absolute atomic E-state index is 14.0. The van der Waals surface area contributed by atoms with Crippen molar-refractivity contribution in [3.8, 4) is 5.75 Å². The van der Waals surface area contributed by atoms with Crippen molar-refractivity contribution in [2.24, 2.45) is 0 Å². The highest BCUT2D eigenvalue weighted by molar-refractivity contribution is 6.35. The summed E-state index contributed by atoms with van der Waals surface area (Å²) in [5, 5.41) is 4.02. The van der Waals surface area contributed by atoms with Crippen LogP contribution in [0.3, 0.4) is 0 Å². The Morgan fingerprint density at radius 2 is 1.68 bits per heavy atom. The summed E-state index contributed by atoms with van der Waals surface area (Å²) in [7, 11) is 1.55. The monoisotopic (exact) mass is 594 g/mol. The predicted molar refractivity (Wildman–Crippen MR) is 160 cm³/mol. The average Bonchev–Trinajstić information content (AvgIpc) is 3.24. The van der Waals surface area contributed by atoms with Crippen molar-refractivity contribution < 1.29 is 19.1 Å². The van der Waals surface area contributed by atoms with Crippen LogP contribution in [-0.2, 0) is 16.0 Å². The molecule has 1 spiro atoms. The zero-order chi connectivity index (χ0) is 29.0. The van der Waals surface area contributed by atoms with Crippen LogP contribution in [0, 0.1) is 0 Å². The third kappa shape index (κ3) is 5.99. The van der Waals surface area contributed by atoms with Gasteiger partial charge in [0.1, 0.15) is 17.8 Å². The van der Waals surface area contributed by atoms with Crippen molar-refractivity contribution in [2.45, 2.75) is 24.8 Å². The van der Waals surface area contributed by atoms with Gasteiger partial charge >= 0.3 is 0 Å². The number of hydrogen-bond acceptors (Lipinski definition) is 5. The molecule has 2 saturated heterocycles. The number of methoxy groups -OCH3 is 1. The minimum atomic E-state index is -0.837. The summed E-state index contributed by atoms with van der Waals surface area (Å²) in [6.45, 7) is 1.44. The number of benzene rings is 3. The van der Waals surface area contributed by atoms with Crippen molar-refractivity contribution in [1.29, 1.82) is 0 Å². The number of halogens is 2. The van der Waals surface area contributed by atoms with Crippen LogP contribution < -0.4 is 15.0 Å². The Morgan fingerprint density at radius 1 is 0.976 bits per heavy atom. The number of para-hydroxylation sites is 2. The molecule has 5 rings (SSSR count). The standard InChI is InChI=1S/C31H32Cl2N4O4/c1-41-27-10-6-5-9-25(27)29(39)35-17-14-31(15-18-35)30(40)36(21-37(31)24-7-3-2-4-8-24)20-28(38)34-16-13-22-11-12-23(32)19-26(22)33/h2-12,19H,13-18,20-21H2,1H3,(H,34,38). The second-order valence-electron chi connectivity index (χ2n) is 10.3. The smallest absolute Gasteiger partial charge is 0.257 e. The molecule has 0 saturated carbocycles.